The number of benzene rings is 1. The molecule has 5 heteroatoms. The molecule has 0 spiro atoms. The van der Waals surface area contributed by atoms with Gasteiger partial charge >= 0.3 is 0 Å². The Labute approximate surface area is 97.9 Å². The van der Waals surface area contributed by atoms with Crippen LogP contribution in [0.4, 0.5) is 10.2 Å². The van der Waals surface area contributed by atoms with Gasteiger partial charge in [0.05, 0.1) is 11.8 Å². The van der Waals surface area contributed by atoms with E-state index >= 15 is 0 Å². The van der Waals surface area contributed by atoms with Crippen LogP contribution >= 0.6 is 0 Å². The highest BCUT2D eigenvalue weighted by molar-refractivity contribution is 6.01. The first-order valence-electron chi connectivity index (χ1n) is 5.13. The summed E-state index contributed by atoms with van der Waals surface area (Å²) in [6, 6.07) is 6.19. The summed E-state index contributed by atoms with van der Waals surface area (Å²) < 4.78 is 14.8. The highest BCUT2D eigenvalue weighted by Crippen LogP contribution is 2.15. The number of ketones is 1. The zero-order valence-corrected chi connectivity index (χ0v) is 9.35. The van der Waals surface area contributed by atoms with E-state index in [4.69, 9.17) is 5.73 Å². The quantitative estimate of drug-likeness (QED) is 0.818. The number of aromatic nitrogens is 2. The van der Waals surface area contributed by atoms with E-state index in [9.17, 15) is 9.18 Å². The Bertz CT molecular complexity index is 563. The number of rotatable bonds is 3. The Morgan fingerprint density at radius 1 is 1.47 bits per heavy atom. The van der Waals surface area contributed by atoms with Gasteiger partial charge in [-0.3, -0.25) is 9.48 Å². The van der Waals surface area contributed by atoms with Crippen LogP contribution in [0.25, 0.3) is 0 Å². The van der Waals surface area contributed by atoms with E-state index in [1.54, 1.807) is 25.2 Å². The maximum atomic E-state index is 13.4. The van der Waals surface area contributed by atoms with Gasteiger partial charge in [0.1, 0.15) is 11.6 Å². The fourth-order valence-corrected chi connectivity index (χ4v) is 1.57. The minimum Gasteiger partial charge on any atom is -0.383 e. The van der Waals surface area contributed by atoms with Crippen LogP contribution < -0.4 is 5.73 Å². The van der Waals surface area contributed by atoms with Crippen LogP contribution in [-0.4, -0.2) is 15.6 Å². The Balaban J connectivity index is 2.23. The molecule has 0 aliphatic carbocycles. The molecular formula is C12H12FN3O. The van der Waals surface area contributed by atoms with Crippen molar-refractivity contribution in [2.75, 3.05) is 5.73 Å². The topological polar surface area (TPSA) is 60.9 Å². The highest BCUT2D eigenvalue weighted by atomic mass is 19.1. The van der Waals surface area contributed by atoms with Gasteiger partial charge in [-0.1, -0.05) is 18.2 Å². The average Bonchev–Trinajstić information content (AvgIpc) is 2.63. The van der Waals surface area contributed by atoms with Gasteiger partial charge in [-0.2, -0.15) is 5.10 Å². The zero-order valence-electron chi connectivity index (χ0n) is 9.35. The summed E-state index contributed by atoms with van der Waals surface area (Å²) in [6.07, 6.45) is 1.39. The second kappa shape index (κ2) is 4.37. The molecular weight excluding hydrogens is 221 g/mol. The molecule has 0 saturated heterocycles. The number of aryl methyl sites for hydroxylation is 1. The average molecular weight is 233 g/mol. The number of nitrogens with two attached hydrogens (primary N) is 1. The molecule has 17 heavy (non-hydrogen) atoms. The molecule has 0 unspecified atom stereocenters. The molecule has 0 atom stereocenters. The molecule has 88 valence electrons. The number of carbonyl (C=O) groups is 1. The molecule has 1 aromatic carbocycles. The van der Waals surface area contributed by atoms with E-state index in [2.05, 4.69) is 5.10 Å². The minimum atomic E-state index is -0.386. The molecule has 0 fully saturated rings. The number of halogens is 1. The Hall–Kier alpha value is -2.17. The molecule has 1 heterocycles. The van der Waals surface area contributed by atoms with Crippen molar-refractivity contribution in [3.05, 3.63) is 47.4 Å². The van der Waals surface area contributed by atoms with Crippen molar-refractivity contribution in [1.82, 2.24) is 9.78 Å². The van der Waals surface area contributed by atoms with Crippen molar-refractivity contribution in [1.29, 1.82) is 0 Å². The number of hydrogen-bond acceptors (Lipinski definition) is 3. The van der Waals surface area contributed by atoms with Gasteiger partial charge in [0.15, 0.2) is 5.78 Å². The second-order valence-electron chi connectivity index (χ2n) is 3.76. The third kappa shape index (κ3) is 2.18. The van der Waals surface area contributed by atoms with Gasteiger partial charge in [-0.15, -0.1) is 0 Å². The first-order chi connectivity index (χ1) is 8.09. The first kappa shape index (κ1) is 11.3. The second-order valence-corrected chi connectivity index (χ2v) is 3.76. The maximum Gasteiger partial charge on any atom is 0.172 e. The number of anilines is 1. The van der Waals surface area contributed by atoms with Crippen LogP contribution in [0, 0.1) is 5.82 Å². The van der Waals surface area contributed by atoms with E-state index in [-0.39, 0.29) is 18.0 Å². The Morgan fingerprint density at radius 3 is 2.76 bits per heavy atom. The SMILES string of the molecule is Cn1ncc(C(=O)Cc2ccccc2F)c1N. The molecule has 4 nitrogen and oxygen atoms in total. The number of Topliss-reactive ketones (excluding diaryl/α,β-unsaturated/α-hetero) is 1. The lowest BCUT2D eigenvalue weighted by atomic mass is 10.0. The summed E-state index contributed by atoms with van der Waals surface area (Å²) in [5.41, 5.74) is 6.37. The predicted molar refractivity (Wildman–Crippen MR) is 62.1 cm³/mol. The molecule has 2 aromatic rings. The number of nitrogen functional groups attached to an aromatic ring is 1. The van der Waals surface area contributed by atoms with Crippen molar-refractivity contribution in [2.45, 2.75) is 6.42 Å². The lowest BCUT2D eigenvalue weighted by Crippen LogP contribution is -2.08. The first-order valence-corrected chi connectivity index (χ1v) is 5.13. The van der Waals surface area contributed by atoms with Gasteiger partial charge < -0.3 is 5.73 Å². The lowest BCUT2D eigenvalue weighted by Gasteiger charge is -2.02. The molecule has 0 amide bonds. The van der Waals surface area contributed by atoms with Gasteiger partial charge in [0.25, 0.3) is 0 Å². The van der Waals surface area contributed by atoms with Gasteiger partial charge in [0, 0.05) is 13.5 Å². The normalized spacial score (nSPS) is 10.5. The van der Waals surface area contributed by atoms with Crippen LogP contribution in [-0.2, 0) is 13.5 Å². The standard InChI is InChI=1S/C12H12FN3O/c1-16-12(14)9(7-15-16)11(17)6-8-4-2-3-5-10(8)13/h2-5,7H,6,14H2,1H3. The van der Waals surface area contributed by atoms with Crippen LogP contribution in [0.15, 0.2) is 30.5 Å². The van der Waals surface area contributed by atoms with Crippen molar-refractivity contribution in [3.63, 3.8) is 0 Å². The molecule has 0 bridgehead atoms. The van der Waals surface area contributed by atoms with Crippen molar-refractivity contribution < 1.29 is 9.18 Å². The molecule has 0 aliphatic rings. The summed E-state index contributed by atoms with van der Waals surface area (Å²) in [5, 5.41) is 3.88. The zero-order chi connectivity index (χ0) is 12.4. The summed E-state index contributed by atoms with van der Waals surface area (Å²) in [4.78, 5) is 11.9. The van der Waals surface area contributed by atoms with E-state index in [0.29, 0.717) is 16.9 Å². The number of hydrogen-bond donors (Lipinski definition) is 1. The molecule has 0 saturated carbocycles. The van der Waals surface area contributed by atoms with Crippen molar-refractivity contribution in [3.8, 4) is 0 Å². The van der Waals surface area contributed by atoms with Crippen LogP contribution in [0.3, 0.4) is 0 Å². The van der Waals surface area contributed by atoms with Crippen LogP contribution in [0.5, 0.6) is 0 Å². The van der Waals surface area contributed by atoms with Crippen LogP contribution in [0.2, 0.25) is 0 Å². The monoisotopic (exact) mass is 233 g/mol. The summed E-state index contributed by atoms with van der Waals surface area (Å²) in [6.45, 7) is 0. The van der Waals surface area contributed by atoms with E-state index in [0.717, 1.165) is 0 Å². The molecule has 2 N–H and O–H groups in total. The highest BCUT2D eigenvalue weighted by Gasteiger charge is 2.15. The smallest absolute Gasteiger partial charge is 0.172 e. The van der Waals surface area contributed by atoms with Crippen molar-refractivity contribution >= 4 is 11.6 Å². The van der Waals surface area contributed by atoms with Gasteiger partial charge in [-0.25, -0.2) is 4.39 Å². The molecule has 1 aromatic heterocycles. The lowest BCUT2D eigenvalue weighted by molar-refractivity contribution is 0.0992. The number of carbonyl (C=O) groups excluding carboxylic acids is 1. The third-order valence-corrected chi connectivity index (χ3v) is 2.59. The summed E-state index contributed by atoms with van der Waals surface area (Å²) in [7, 11) is 1.65. The summed E-state index contributed by atoms with van der Waals surface area (Å²) >= 11 is 0. The molecule has 0 radical (unpaired) electrons. The Morgan fingerprint density at radius 2 is 2.18 bits per heavy atom. The predicted octanol–water partition coefficient (Wildman–Crippen LogP) is 1.57. The maximum absolute atomic E-state index is 13.4. The Kier molecular flexibility index (Phi) is 2.91. The minimum absolute atomic E-state index is 0.0113. The van der Waals surface area contributed by atoms with Gasteiger partial charge in [-0.05, 0) is 11.6 Å². The van der Waals surface area contributed by atoms with E-state index in [1.807, 2.05) is 0 Å². The van der Waals surface area contributed by atoms with E-state index in [1.165, 1.54) is 16.9 Å². The fourth-order valence-electron chi connectivity index (χ4n) is 1.57. The van der Waals surface area contributed by atoms with Gasteiger partial charge in [0.2, 0.25) is 0 Å². The molecule has 0 aliphatic heterocycles. The van der Waals surface area contributed by atoms with Crippen molar-refractivity contribution in [2.24, 2.45) is 7.05 Å². The largest absolute Gasteiger partial charge is 0.383 e. The van der Waals surface area contributed by atoms with Crippen LogP contribution in [0.1, 0.15) is 15.9 Å². The fraction of sp³-hybridized carbons (Fsp3) is 0.167. The van der Waals surface area contributed by atoms with E-state index < -0.39 is 0 Å². The summed E-state index contributed by atoms with van der Waals surface area (Å²) in [5.74, 6) is -0.324. The number of nitrogens with zero attached hydrogens (tertiary/aromatic N) is 2. The molecule has 2 rings (SSSR count). The third-order valence-electron chi connectivity index (χ3n) is 2.59.